The third kappa shape index (κ3) is 6.99. The summed E-state index contributed by atoms with van der Waals surface area (Å²) in [6.07, 6.45) is 4.17. The number of rotatable bonds is 4. The second-order valence-electron chi connectivity index (χ2n) is 3.11. The van der Waals surface area contributed by atoms with Gasteiger partial charge in [-0.25, -0.2) is 0 Å². The van der Waals surface area contributed by atoms with Crippen molar-refractivity contribution < 1.29 is 0 Å². The Morgan fingerprint density at radius 1 is 1.15 bits per heavy atom. The molecule has 0 bridgehead atoms. The van der Waals surface area contributed by atoms with Crippen LogP contribution in [0, 0.1) is 0 Å². The monoisotopic (exact) mass is 187 g/mol. The van der Waals surface area contributed by atoms with Gasteiger partial charge in [0.05, 0.1) is 0 Å². The Kier molecular flexibility index (Phi) is 9.87. The molecule has 3 nitrogen and oxygen atoms in total. The highest BCUT2D eigenvalue weighted by atomic mass is 15.1. The minimum Gasteiger partial charge on any atom is -0.318 e. The fourth-order valence-corrected chi connectivity index (χ4v) is 1.52. The highest BCUT2D eigenvalue weighted by Crippen LogP contribution is 2.06. The first-order valence-electron chi connectivity index (χ1n) is 5.56. The largest absolute Gasteiger partial charge is 0.318 e. The Morgan fingerprint density at radius 3 is 2.31 bits per heavy atom. The lowest BCUT2D eigenvalue weighted by Crippen LogP contribution is -2.37. The lowest BCUT2D eigenvalue weighted by atomic mass is 10.1. The number of hydrogen-bond donors (Lipinski definition) is 2. The van der Waals surface area contributed by atoms with Gasteiger partial charge in [-0.15, -0.1) is 0 Å². The van der Waals surface area contributed by atoms with E-state index in [-0.39, 0.29) is 0 Å². The van der Waals surface area contributed by atoms with Crippen molar-refractivity contribution in [3.05, 3.63) is 0 Å². The number of likely N-dealkylation sites (tertiary alicyclic amines) is 1. The van der Waals surface area contributed by atoms with Crippen LogP contribution in [-0.2, 0) is 0 Å². The van der Waals surface area contributed by atoms with E-state index in [1.807, 2.05) is 13.8 Å². The minimum absolute atomic E-state index is 0.605. The highest BCUT2D eigenvalue weighted by Gasteiger charge is 2.07. The molecular formula is C10H25N3. The van der Waals surface area contributed by atoms with Gasteiger partial charge >= 0.3 is 0 Å². The van der Waals surface area contributed by atoms with E-state index < -0.39 is 0 Å². The molecule has 0 aromatic rings. The Balaban J connectivity index is 0.000000671. The number of nitrogens with one attached hydrogen (secondary N) is 1. The van der Waals surface area contributed by atoms with Crippen molar-refractivity contribution >= 4 is 0 Å². The topological polar surface area (TPSA) is 41.3 Å². The van der Waals surface area contributed by atoms with Crippen LogP contribution in [0.2, 0.25) is 0 Å². The highest BCUT2D eigenvalue weighted by molar-refractivity contribution is 4.64. The van der Waals surface area contributed by atoms with Crippen molar-refractivity contribution in [3.63, 3.8) is 0 Å². The molecule has 0 aromatic heterocycles. The first-order chi connectivity index (χ1) is 6.43. The molecule has 0 amide bonds. The van der Waals surface area contributed by atoms with Crippen molar-refractivity contribution in [1.82, 2.24) is 10.2 Å². The molecule has 0 spiro atoms. The van der Waals surface area contributed by atoms with Crippen LogP contribution in [0.5, 0.6) is 0 Å². The summed E-state index contributed by atoms with van der Waals surface area (Å²) < 4.78 is 0. The number of nitrogens with two attached hydrogens (primary N) is 1. The first-order valence-corrected chi connectivity index (χ1v) is 5.56. The third-order valence-corrected chi connectivity index (χ3v) is 2.20. The predicted molar refractivity (Wildman–Crippen MR) is 58.7 cm³/mol. The van der Waals surface area contributed by atoms with E-state index in [1.54, 1.807) is 0 Å². The summed E-state index contributed by atoms with van der Waals surface area (Å²) in [7, 11) is 0. The molecule has 1 fully saturated rings. The number of piperidine rings is 1. The lowest BCUT2D eigenvalue weighted by molar-refractivity contribution is 0.229. The Morgan fingerprint density at radius 2 is 1.77 bits per heavy atom. The van der Waals surface area contributed by atoms with E-state index in [2.05, 4.69) is 10.2 Å². The average Bonchev–Trinajstić information content (AvgIpc) is 2.23. The van der Waals surface area contributed by atoms with Crippen molar-refractivity contribution in [2.45, 2.75) is 33.1 Å². The van der Waals surface area contributed by atoms with Gasteiger partial charge in [-0.3, -0.25) is 0 Å². The molecule has 1 heterocycles. The summed E-state index contributed by atoms with van der Waals surface area (Å²) in [5, 5.41) is 3.13. The fraction of sp³-hybridized carbons (Fsp3) is 1.00. The second kappa shape index (κ2) is 9.96. The van der Waals surface area contributed by atoms with Gasteiger partial charge in [0.25, 0.3) is 0 Å². The smallest absolute Gasteiger partial charge is 0.0429 e. The quantitative estimate of drug-likeness (QED) is 0.510. The van der Waals surface area contributed by atoms with Gasteiger partial charge < -0.3 is 16.0 Å². The molecule has 3 heteroatoms. The fourth-order valence-electron chi connectivity index (χ4n) is 1.52. The minimum atomic E-state index is 0.605. The maximum Gasteiger partial charge on any atom is 0.0429 e. The van der Waals surface area contributed by atoms with Gasteiger partial charge in [0.2, 0.25) is 0 Å². The molecule has 1 saturated heterocycles. The van der Waals surface area contributed by atoms with Crippen molar-refractivity contribution in [2.75, 3.05) is 32.8 Å². The zero-order valence-corrected chi connectivity index (χ0v) is 9.18. The molecule has 3 N–H and O–H groups in total. The Bertz CT molecular complexity index is 90.2. The van der Waals surface area contributed by atoms with Gasteiger partial charge in [-0.05, 0) is 25.9 Å². The SMILES string of the molecule is CC.NCNCCN1CCCCC1. The summed E-state index contributed by atoms with van der Waals surface area (Å²) in [5.41, 5.74) is 5.31. The summed E-state index contributed by atoms with van der Waals surface area (Å²) >= 11 is 0. The van der Waals surface area contributed by atoms with Crippen molar-refractivity contribution in [1.29, 1.82) is 0 Å². The molecule has 0 saturated carbocycles. The van der Waals surface area contributed by atoms with Crippen LogP contribution in [0.15, 0.2) is 0 Å². The maximum atomic E-state index is 5.31. The standard InChI is InChI=1S/C8H19N3.C2H6/c9-8-10-4-7-11-5-2-1-3-6-11;1-2/h10H,1-9H2;1-2H3. The van der Waals surface area contributed by atoms with Gasteiger partial charge in [0, 0.05) is 19.8 Å². The molecule has 0 radical (unpaired) electrons. The van der Waals surface area contributed by atoms with Gasteiger partial charge in [0.1, 0.15) is 0 Å². The summed E-state index contributed by atoms with van der Waals surface area (Å²) in [4.78, 5) is 2.51. The van der Waals surface area contributed by atoms with E-state index >= 15 is 0 Å². The van der Waals surface area contributed by atoms with E-state index in [4.69, 9.17) is 5.73 Å². The molecule has 1 aliphatic heterocycles. The van der Waals surface area contributed by atoms with Crippen LogP contribution in [-0.4, -0.2) is 37.7 Å². The molecule has 1 aliphatic rings. The molecule has 0 aliphatic carbocycles. The second-order valence-corrected chi connectivity index (χ2v) is 3.11. The van der Waals surface area contributed by atoms with Crippen molar-refractivity contribution in [2.24, 2.45) is 5.73 Å². The maximum absolute atomic E-state index is 5.31. The number of nitrogens with zero attached hydrogens (tertiary/aromatic N) is 1. The van der Waals surface area contributed by atoms with Gasteiger partial charge in [-0.2, -0.15) is 0 Å². The van der Waals surface area contributed by atoms with E-state index in [1.165, 1.54) is 32.4 Å². The molecule has 1 rings (SSSR count). The van der Waals surface area contributed by atoms with Gasteiger partial charge in [-0.1, -0.05) is 20.3 Å². The zero-order valence-electron chi connectivity index (χ0n) is 9.18. The Hall–Kier alpha value is -0.120. The van der Waals surface area contributed by atoms with Crippen LogP contribution < -0.4 is 11.1 Å². The summed E-state index contributed by atoms with van der Waals surface area (Å²) in [5.74, 6) is 0. The number of hydrogen-bond acceptors (Lipinski definition) is 3. The van der Waals surface area contributed by atoms with Crippen molar-refractivity contribution in [3.8, 4) is 0 Å². The molecule has 80 valence electrons. The van der Waals surface area contributed by atoms with Crippen LogP contribution in [0.4, 0.5) is 0 Å². The van der Waals surface area contributed by atoms with Crippen LogP contribution in [0.25, 0.3) is 0 Å². The molecular weight excluding hydrogens is 162 g/mol. The Labute approximate surface area is 82.7 Å². The predicted octanol–water partition coefficient (Wildman–Crippen LogP) is 1.00. The molecule has 0 aromatic carbocycles. The molecule has 13 heavy (non-hydrogen) atoms. The van der Waals surface area contributed by atoms with E-state index in [0.29, 0.717) is 6.67 Å². The van der Waals surface area contributed by atoms with Crippen LogP contribution >= 0.6 is 0 Å². The average molecular weight is 187 g/mol. The summed E-state index contributed by atoms with van der Waals surface area (Å²) in [6.45, 7) is 9.38. The van der Waals surface area contributed by atoms with E-state index in [0.717, 1.165) is 13.1 Å². The summed E-state index contributed by atoms with van der Waals surface area (Å²) in [6, 6.07) is 0. The van der Waals surface area contributed by atoms with Crippen LogP contribution in [0.3, 0.4) is 0 Å². The third-order valence-electron chi connectivity index (χ3n) is 2.20. The normalized spacial score (nSPS) is 17.8. The van der Waals surface area contributed by atoms with E-state index in [9.17, 15) is 0 Å². The zero-order chi connectivity index (χ0) is 9.94. The molecule has 0 unspecified atom stereocenters. The molecule has 0 atom stereocenters. The first kappa shape index (κ1) is 12.9. The van der Waals surface area contributed by atoms with Crippen LogP contribution in [0.1, 0.15) is 33.1 Å². The van der Waals surface area contributed by atoms with Gasteiger partial charge in [0.15, 0.2) is 0 Å². The lowest BCUT2D eigenvalue weighted by Gasteiger charge is -2.26.